The molecule has 0 aromatic rings. The molecule has 88 heavy (non-hydrogen) atoms. The van der Waals surface area contributed by atoms with Crippen molar-refractivity contribution in [3.8, 4) is 0 Å². The average Bonchev–Trinajstić information content (AvgIpc) is 3.43. The molecule has 0 bridgehead atoms. The maximum atomic E-state index is 10.9. The first kappa shape index (κ1) is 115. The van der Waals surface area contributed by atoms with Crippen LogP contribution >= 0.6 is 0 Å². The van der Waals surface area contributed by atoms with Crippen LogP contribution in [0.25, 0.3) is 0 Å². The molecule has 0 aliphatic heterocycles. The largest absolute Gasteiger partial charge is 1.00 e. The molecule has 2 radical (unpaired) electrons. The molecule has 0 amide bonds. The Kier molecular flexibility index (Phi) is 111. The minimum atomic E-state index is -4.14. The van der Waals surface area contributed by atoms with Crippen LogP contribution in [0.5, 0.6) is 0 Å². The van der Waals surface area contributed by atoms with Gasteiger partial charge in [-0.1, -0.05) is 207 Å². The van der Waals surface area contributed by atoms with Crippen LogP contribution in [-0.2, 0) is 143 Å². The molecule has 0 aliphatic carbocycles. The summed E-state index contributed by atoms with van der Waals surface area (Å²) in [7, 11) is -16.5. The van der Waals surface area contributed by atoms with Crippen molar-refractivity contribution in [1.29, 1.82) is 0 Å². The molecule has 0 spiro atoms. The van der Waals surface area contributed by atoms with E-state index >= 15 is 0 Å². The molecular formula is C58H116Na4O20S4Y2-4. The van der Waals surface area contributed by atoms with Crippen molar-refractivity contribution in [2.24, 2.45) is 0 Å². The average molecular weight is 1530 g/mol. The number of rotatable bonds is 58. The van der Waals surface area contributed by atoms with E-state index in [0.29, 0.717) is 39.6 Å². The quantitative estimate of drug-likeness (QED) is 0.0168. The number of hydrogen-bond donors (Lipinski definition) is 0. The van der Waals surface area contributed by atoms with E-state index < -0.39 is 62.5 Å². The van der Waals surface area contributed by atoms with Crippen LogP contribution in [0.3, 0.4) is 0 Å². The molecule has 0 saturated carbocycles. The van der Waals surface area contributed by atoms with E-state index in [1.807, 2.05) is 0 Å². The molecule has 0 fully saturated rings. The van der Waals surface area contributed by atoms with Crippen molar-refractivity contribution in [2.45, 2.75) is 269 Å². The maximum absolute atomic E-state index is 10.9. The van der Waals surface area contributed by atoms with Crippen molar-refractivity contribution < 1.29 is 274 Å². The fourth-order valence-corrected chi connectivity index (χ4v) is 9.25. The van der Waals surface area contributed by atoms with Crippen molar-refractivity contribution in [1.82, 2.24) is 0 Å². The van der Waals surface area contributed by atoms with Crippen molar-refractivity contribution in [3.05, 3.63) is 27.7 Å². The summed E-state index contributed by atoms with van der Waals surface area (Å²) in [5.74, 6) is -0.780. The summed E-state index contributed by atoms with van der Waals surface area (Å²) in [6, 6.07) is 0. The van der Waals surface area contributed by atoms with Gasteiger partial charge in [0, 0.05) is 143 Å². The second-order valence-corrected chi connectivity index (χ2v) is 27.4. The molecule has 0 heterocycles. The van der Waals surface area contributed by atoms with Gasteiger partial charge in [-0.05, 0) is 61.2 Å². The van der Waals surface area contributed by atoms with Gasteiger partial charge in [-0.3, -0.25) is 0 Å². The van der Waals surface area contributed by atoms with E-state index in [2.05, 4.69) is 64.1 Å². The summed E-state index contributed by atoms with van der Waals surface area (Å²) in [5, 5.41) is 17.5. The van der Waals surface area contributed by atoms with Gasteiger partial charge in [0.05, 0.1) is 20.2 Å². The molecule has 4 atom stereocenters. The molecule has 20 nitrogen and oxygen atoms in total. The van der Waals surface area contributed by atoms with Gasteiger partial charge in [-0.2, -0.15) is 0 Å². The second kappa shape index (κ2) is 84.9. The number of ether oxygens (including phenoxy) is 6. The van der Waals surface area contributed by atoms with Gasteiger partial charge in [0.25, 0.3) is 0 Å². The van der Waals surface area contributed by atoms with Crippen molar-refractivity contribution in [2.75, 3.05) is 77.6 Å². The van der Waals surface area contributed by atoms with Crippen LogP contribution in [0.15, 0.2) is 0 Å². The first-order chi connectivity index (χ1) is 39.0. The molecular weight excluding hydrogens is 1410 g/mol. The zero-order chi connectivity index (χ0) is 62.5. The van der Waals surface area contributed by atoms with Crippen LogP contribution in [0.1, 0.15) is 246 Å². The molecule has 0 saturated heterocycles. The van der Waals surface area contributed by atoms with E-state index in [4.69, 9.17) is 28.4 Å². The van der Waals surface area contributed by atoms with E-state index in [1.165, 1.54) is 167 Å². The Morgan fingerprint density at radius 1 is 0.307 bits per heavy atom. The summed E-state index contributed by atoms with van der Waals surface area (Å²) in [5.41, 5.74) is 0. The first-order valence-electron chi connectivity index (χ1n) is 30.8. The minimum Gasteiger partial charge on any atom is -0.748 e. The summed E-state index contributed by atoms with van der Waals surface area (Å²) in [4.78, 5) is 0. The SMILES string of the molecule is [CH2-]C(COCCCCCCCCCC)OCCCS(=O)(=O)[O-].[CH2-]C(COCCCCCCCCCC)OCCCS(=O)(=O)[O-].[CH2-]C(COCCCCCCCCCC)S(=O)(=O)O[O-].[CH2-]C(COCCCCCCCCCC)S(=O)(=O)O[O-].[Na+].[Na+].[Na+].[Na+].[Y].[Y]. The fraction of sp³-hybridized carbons (Fsp3) is 0.931. The Morgan fingerprint density at radius 2 is 0.500 bits per heavy atom. The van der Waals surface area contributed by atoms with Crippen LogP contribution in [0.2, 0.25) is 0 Å². The standard InChI is InChI=1S/2C16H33O5S.2C13H27O5S.4Na.2Y/c2*1-3-4-5-6-7-8-9-10-12-20-15-16(2)21-13-11-14-22(17,18)19;2*1-3-4-5-6-7-8-9-10-11-17-12-13(2)19(15,16)18-14;;;;;;/h2*16H,2-15H2,1H3,(H,17,18,19);2*13-14H,2-12H2,1H3;;;;;;/q4*-1;4*+1;;/p-4. The van der Waals surface area contributed by atoms with Crippen molar-refractivity contribution >= 4 is 40.5 Å². The zero-order valence-corrected chi connectivity index (χ0v) is 73.6. The van der Waals surface area contributed by atoms with Crippen LogP contribution in [0, 0.1) is 27.7 Å². The summed E-state index contributed by atoms with van der Waals surface area (Å²) in [6.45, 7) is 26.5. The van der Waals surface area contributed by atoms with E-state index in [-0.39, 0.29) is 235 Å². The predicted molar refractivity (Wildman–Crippen MR) is 321 cm³/mol. The maximum Gasteiger partial charge on any atom is 1.00 e. The molecule has 0 aromatic heterocycles. The van der Waals surface area contributed by atoms with E-state index in [9.17, 15) is 53.3 Å². The third-order valence-corrected chi connectivity index (χ3v) is 16.4. The Morgan fingerprint density at radius 3 is 0.693 bits per heavy atom. The molecule has 0 aromatic carbocycles. The number of unbranched alkanes of at least 4 members (excludes halogenated alkanes) is 28. The van der Waals surface area contributed by atoms with Crippen LogP contribution < -0.4 is 129 Å². The molecule has 0 N–H and O–H groups in total. The van der Waals surface area contributed by atoms with E-state index in [1.54, 1.807) is 0 Å². The summed E-state index contributed by atoms with van der Waals surface area (Å²) < 4.78 is 144. The smallest absolute Gasteiger partial charge is 0.748 e. The third-order valence-electron chi connectivity index (χ3n) is 12.6. The minimum absolute atomic E-state index is 0. The van der Waals surface area contributed by atoms with Gasteiger partial charge < -0.3 is 84.4 Å². The van der Waals surface area contributed by atoms with Crippen molar-refractivity contribution in [3.63, 3.8) is 0 Å². The van der Waals surface area contributed by atoms with Gasteiger partial charge >= 0.3 is 118 Å². The van der Waals surface area contributed by atoms with E-state index in [0.717, 1.165) is 38.5 Å². The topological polar surface area (TPSA) is 303 Å². The van der Waals surface area contributed by atoms with Gasteiger partial charge in [-0.15, -0.1) is 0 Å². The molecule has 4 unspecified atom stereocenters. The predicted octanol–water partition coefficient (Wildman–Crippen LogP) is -1.46. The summed E-state index contributed by atoms with van der Waals surface area (Å²) in [6.07, 6.45) is 39.2. The van der Waals surface area contributed by atoms with Gasteiger partial charge in [0.15, 0.2) is 0 Å². The molecule has 30 heteroatoms. The molecule has 0 aliphatic rings. The van der Waals surface area contributed by atoms with Crippen LogP contribution in [-0.4, -0.2) is 143 Å². The van der Waals surface area contributed by atoms with Crippen LogP contribution in [0.4, 0.5) is 0 Å². The third kappa shape index (κ3) is 97.9. The Hall–Kier alpha value is 5.53. The monoisotopic (exact) mass is 1530 g/mol. The van der Waals surface area contributed by atoms with Gasteiger partial charge in [-0.25, -0.2) is 33.7 Å². The number of hydrogen-bond acceptors (Lipinski definition) is 20. The first-order valence-corrected chi connectivity index (χ1v) is 36.9. The van der Waals surface area contributed by atoms with Gasteiger partial charge in [0.2, 0.25) is 20.2 Å². The normalized spacial score (nSPS) is 12.6. The Balaban J connectivity index is -0.000000113. The summed E-state index contributed by atoms with van der Waals surface area (Å²) >= 11 is 0. The Bertz CT molecular complexity index is 1650. The molecule has 506 valence electrons. The Labute approximate surface area is 678 Å². The van der Waals surface area contributed by atoms with Gasteiger partial charge in [0.1, 0.15) is 0 Å². The molecule has 0 rings (SSSR count). The second-order valence-electron chi connectivity index (χ2n) is 20.8. The zero-order valence-electron chi connectivity index (χ0n) is 56.6. The fourth-order valence-electron chi connectivity index (χ4n) is 7.56.